The molecule has 1 fully saturated rings. The van der Waals surface area contributed by atoms with Crippen LogP contribution in [0.15, 0.2) is 35.4 Å². The molecule has 20 heavy (non-hydrogen) atoms. The number of hydrogen-bond acceptors (Lipinski definition) is 4. The van der Waals surface area contributed by atoms with E-state index >= 15 is 0 Å². The number of nitrogens with zero attached hydrogens (tertiary/aromatic N) is 2. The summed E-state index contributed by atoms with van der Waals surface area (Å²) >= 11 is 0. The maximum Gasteiger partial charge on any atom is 0.260 e. The van der Waals surface area contributed by atoms with Crippen molar-refractivity contribution in [2.45, 2.75) is 19.8 Å². The molecule has 2 aliphatic heterocycles. The highest BCUT2D eigenvalue weighted by Crippen LogP contribution is 2.40. The fourth-order valence-corrected chi connectivity index (χ4v) is 2.65. The lowest BCUT2D eigenvalue weighted by molar-refractivity contribution is -0.141. The molecule has 0 unspecified atom stereocenters. The van der Waals surface area contributed by atoms with Crippen molar-refractivity contribution >= 4 is 29.1 Å². The highest BCUT2D eigenvalue weighted by molar-refractivity contribution is 6.23. The van der Waals surface area contributed by atoms with Gasteiger partial charge in [0.05, 0.1) is 11.4 Å². The van der Waals surface area contributed by atoms with Crippen molar-refractivity contribution in [2.24, 2.45) is 10.5 Å². The van der Waals surface area contributed by atoms with E-state index in [1.54, 1.807) is 31.2 Å². The Kier molecular flexibility index (Phi) is 2.67. The normalized spacial score (nSPS) is 21.1. The predicted molar refractivity (Wildman–Crippen MR) is 71.9 cm³/mol. The highest BCUT2D eigenvalue weighted by atomic mass is 16.2. The van der Waals surface area contributed by atoms with Crippen molar-refractivity contribution in [3.63, 3.8) is 0 Å². The van der Waals surface area contributed by atoms with Gasteiger partial charge in [-0.25, -0.2) is 0 Å². The Bertz CT molecular complexity index is 620. The fourth-order valence-electron chi connectivity index (χ4n) is 2.65. The van der Waals surface area contributed by atoms with Crippen molar-refractivity contribution < 1.29 is 14.4 Å². The summed E-state index contributed by atoms with van der Waals surface area (Å²) in [6.45, 7) is 1.69. The summed E-state index contributed by atoms with van der Waals surface area (Å²) in [5.74, 6) is -1.18. The number of hydrogen-bond donors (Lipinski definition) is 1. The van der Waals surface area contributed by atoms with Gasteiger partial charge in [-0.3, -0.25) is 19.7 Å². The monoisotopic (exact) mass is 271 g/mol. The van der Waals surface area contributed by atoms with E-state index in [0.717, 1.165) is 0 Å². The van der Waals surface area contributed by atoms with Crippen LogP contribution in [0.2, 0.25) is 0 Å². The minimum atomic E-state index is -1.12. The first-order valence-electron chi connectivity index (χ1n) is 6.31. The van der Waals surface area contributed by atoms with Crippen LogP contribution in [0.5, 0.6) is 0 Å². The third-order valence-corrected chi connectivity index (χ3v) is 3.75. The molecule has 1 spiro atoms. The Labute approximate surface area is 115 Å². The molecule has 3 rings (SSSR count). The Hall–Kier alpha value is -2.50. The second-order valence-electron chi connectivity index (χ2n) is 5.04. The van der Waals surface area contributed by atoms with E-state index in [-0.39, 0.29) is 18.7 Å². The molecule has 2 heterocycles. The van der Waals surface area contributed by atoms with E-state index in [2.05, 4.69) is 10.4 Å². The molecular weight excluding hydrogens is 258 g/mol. The SMILES string of the molecule is CC1=NN(c2ccccc2)C(=O)C12CC(=O)NC(=O)C2. The van der Waals surface area contributed by atoms with E-state index in [0.29, 0.717) is 11.4 Å². The number of hydrazone groups is 1. The summed E-state index contributed by atoms with van der Waals surface area (Å²) in [4.78, 5) is 35.9. The predicted octanol–water partition coefficient (Wildman–Crippen LogP) is 0.832. The zero-order valence-electron chi connectivity index (χ0n) is 10.9. The van der Waals surface area contributed by atoms with Gasteiger partial charge in [-0.05, 0) is 19.1 Å². The molecule has 0 radical (unpaired) electrons. The van der Waals surface area contributed by atoms with Crippen molar-refractivity contribution in [2.75, 3.05) is 5.01 Å². The zero-order valence-corrected chi connectivity index (χ0v) is 10.9. The molecule has 1 saturated heterocycles. The smallest absolute Gasteiger partial charge is 0.260 e. The van der Waals surface area contributed by atoms with Gasteiger partial charge in [-0.2, -0.15) is 10.1 Å². The van der Waals surface area contributed by atoms with Crippen LogP contribution in [-0.4, -0.2) is 23.4 Å². The zero-order chi connectivity index (χ0) is 14.3. The first kappa shape index (κ1) is 12.5. The van der Waals surface area contributed by atoms with Crippen LogP contribution in [0.4, 0.5) is 5.69 Å². The molecule has 1 aromatic rings. The largest absolute Gasteiger partial charge is 0.296 e. The quantitative estimate of drug-likeness (QED) is 0.768. The second kappa shape index (κ2) is 4.26. The van der Waals surface area contributed by atoms with E-state index in [1.807, 2.05) is 6.07 Å². The lowest BCUT2D eigenvalue weighted by atomic mass is 9.74. The molecule has 0 atom stereocenters. The van der Waals surface area contributed by atoms with Crippen LogP contribution in [0, 0.1) is 5.41 Å². The van der Waals surface area contributed by atoms with Gasteiger partial charge in [0.15, 0.2) is 0 Å². The molecule has 3 amide bonds. The number of benzene rings is 1. The number of para-hydroxylation sites is 1. The van der Waals surface area contributed by atoms with Crippen LogP contribution >= 0.6 is 0 Å². The molecule has 6 nitrogen and oxygen atoms in total. The van der Waals surface area contributed by atoms with Crippen LogP contribution < -0.4 is 10.3 Å². The Morgan fingerprint density at radius 2 is 1.70 bits per heavy atom. The lowest BCUT2D eigenvalue weighted by Gasteiger charge is -2.30. The number of rotatable bonds is 1. The van der Waals surface area contributed by atoms with Crippen molar-refractivity contribution in [3.05, 3.63) is 30.3 Å². The molecule has 0 aromatic heterocycles. The second-order valence-corrected chi connectivity index (χ2v) is 5.04. The van der Waals surface area contributed by atoms with Gasteiger partial charge in [-0.1, -0.05) is 18.2 Å². The van der Waals surface area contributed by atoms with Crippen LogP contribution in [-0.2, 0) is 14.4 Å². The molecule has 0 aliphatic carbocycles. The maximum absolute atomic E-state index is 12.7. The maximum atomic E-state index is 12.7. The average molecular weight is 271 g/mol. The van der Waals surface area contributed by atoms with E-state index < -0.39 is 17.2 Å². The number of carbonyl (C=O) groups excluding carboxylic acids is 3. The topological polar surface area (TPSA) is 78.8 Å². The fraction of sp³-hybridized carbons (Fsp3) is 0.286. The van der Waals surface area contributed by atoms with Gasteiger partial charge in [-0.15, -0.1) is 0 Å². The van der Waals surface area contributed by atoms with Crippen LogP contribution in [0.25, 0.3) is 0 Å². The Morgan fingerprint density at radius 1 is 1.10 bits per heavy atom. The minimum Gasteiger partial charge on any atom is -0.296 e. The lowest BCUT2D eigenvalue weighted by Crippen LogP contribution is -2.51. The molecule has 102 valence electrons. The molecule has 0 bridgehead atoms. The summed E-state index contributed by atoms with van der Waals surface area (Å²) in [5, 5.41) is 7.76. The summed E-state index contributed by atoms with van der Waals surface area (Å²) in [6.07, 6.45) is -0.0630. The van der Waals surface area contributed by atoms with Gasteiger partial charge in [0.2, 0.25) is 11.8 Å². The summed E-state index contributed by atoms with van der Waals surface area (Å²) in [7, 11) is 0. The highest BCUT2D eigenvalue weighted by Gasteiger charge is 2.54. The number of anilines is 1. The molecule has 0 saturated carbocycles. The van der Waals surface area contributed by atoms with Crippen LogP contribution in [0.1, 0.15) is 19.8 Å². The van der Waals surface area contributed by atoms with Crippen LogP contribution in [0.3, 0.4) is 0 Å². The summed E-state index contributed by atoms with van der Waals surface area (Å²) in [5.41, 5.74) is 0.0247. The third kappa shape index (κ3) is 1.72. The number of imide groups is 1. The van der Waals surface area contributed by atoms with Crippen molar-refractivity contribution in [3.8, 4) is 0 Å². The molecule has 2 aliphatic rings. The van der Waals surface area contributed by atoms with Gasteiger partial charge in [0, 0.05) is 12.8 Å². The summed E-state index contributed by atoms with van der Waals surface area (Å²) < 4.78 is 0. The van der Waals surface area contributed by atoms with Gasteiger partial charge >= 0.3 is 0 Å². The third-order valence-electron chi connectivity index (χ3n) is 3.75. The van der Waals surface area contributed by atoms with Crippen molar-refractivity contribution in [1.82, 2.24) is 5.32 Å². The average Bonchev–Trinajstić information content (AvgIpc) is 2.64. The standard InChI is InChI=1S/C14H13N3O3/c1-9-14(7-11(18)15-12(19)8-14)13(20)17(16-9)10-5-3-2-4-6-10/h2-6H,7-8H2,1H3,(H,15,18,19). The number of carbonyl (C=O) groups is 3. The minimum absolute atomic E-state index is 0.0315. The Balaban J connectivity index is 2.00. The first-order valence-corrected chi connectivity index (χ1v) is 6.31. The molecular formula is C14H13N3O3. The molecule has 6 heteroatoms. The number of nitrogens with one attached hydrogen (secondary N) is 1. The summed E-state index contributed by atoms with van der Waals surface area (Å²) in [6, 6.07) is 8.97. The molecule has 1 aromatic carbocycles. The van der Waals surface area contributed by atoms with Gasteiger partial charge in [0.25, 0.3) is 5.91 Å². The van der Waals surface area contributed by atoms with Crippen molar-refractivity contribution in [1.29, 1.82) is 0 Å². The number of piperidine rings is 1. The van der Waals surface area contributed by atoms with E-state index in [1.165, 1.54) is 5.01 Å². The van der Waals surface area contributed by atoms with E-state index in [9.17, 15) is 14.4 Å². The van der Waals surface area contributed by atoms with E-state index in [4.69, 9.17) is 0 Å². The van der Waals surface area contributed by atoms with Gasteiger partial charge < -0.3 is 0 Å². The number of amides is 3. The Morgan fingerprint density at radius 3 is 2.30 bits per heavy atom. The van der Waals surface area contributed by atoms with Gasteiger partial charge in [0.1, 0.15) is 5.41 Å². The first-order chi connectivity index (χ1) is 9.53. The molecule has 1 N–H and O–H groups in total.